The van der Waals surface area contributed by atoms with Gasteiger partial charge in [-0.25, -0.2) is 0 Å². The van der Waals surface area contributed by atoms with E-state index < -0.39 is 0 Å². The van der Waals surface area contributed by atoms with E-state index in [0.717, 1.165) is 29.9 Å². The number of rotatable bonds is 3. The highest BCUT2D eigenvalue weighted by Gasteiger charge is 2.15. The Morgan fingerprint density at radius 2 is 2.23 bits per heavy atom. The second kappa shape index (κ2) is 4.12. The molecule has 0 spiro atoms. The van der Waals surface area contributed by atoms with E-state index in [2.05, 4.69) is 5.32 Å². The van der Waals surface area contributed by atoms with Crippen LogP contribution in [0.3, 0.4) is 0 Å². The molecule has 0 heterocycles. The van der Waals surface area contributed by atoms with Crippen molar-refractivity contribution in [2.45, 2.75) is 19.8 Å². The summed E-state index contributed by atoms with van der Waals surface area (Å²) in [6, 6.07) is 0. The number of allylic oxidation sites excluding steroid dienone is 3. The minimum absolute atomic E-state index is 0.129. The summed E-state index contributed by atoms with van der Waals surface area (Å²) in [5, 5.41) is 3.06. The van der Waals surface area contributed by atoms with E-state index in [0.29, 0.717) is 0 Å². The fraction of sp³-hybridized carbons (Fsp3) is 0.500. The van der Waals surface area contributed by atoms with Crippen molar-refractivity contribution in [3.8, 4) is 0 Å². The van der Waals surface area contributed by atoms with Crippen molar-refractivity contribution in [1.82, 2.24) is 5.32 Å². The predicted octanol–water partition coefficient (Wildman–Crippen LogP) is 1.37. The summed E-state index contributed by atoms with van der Waals surface area (Å²) in [5.74, 6) is 0.906. The summed E-state index contributed by atoms with van der Waals surface area (Å²) < 4.78 is 5.16. The molecule has 13 heavy (non-hydrogen) atoms. The zero-order chi connectivity index (χ0) is 9.84. The van der Waals surface area contributed by atoms with Gasteiger partial charge in [0.25, 0.3) is 0 Å². The standard InChI is InChI=1S/C10H15NO2/c1-7(12)8-4-5-9(11-2)10(6-8)13-3/h6,11H,4-5H2,1-3H3. The maximum absolute atomic E-state index is 11.1. The van der Waals surface area contributed by atoms with E-state index in [-0.39, 0.29) is 5.78 Å². The topological polar surface area (TPSA) is 38.3 Å². The third kappa shape index (κ3) is 2.11. The molecule has 0 saturated carbocycles. The molecule has 1 rings (SSSR count). The Morgan fingerprint density at radius 3 is 2.69 bits per heavy atom. The van der Waals surface area contributed by atoms with Gasteiger partial charge in [0.15, 0.2) is 5.78 Å². The van der Waals surface area contributed by atoms with Crippen LogP contribution in [0.15, 0.2) is 23.1 Å². The van der Waals surface area contributed by atoms with Gasteiger partial charge in [0.1, 0.15) is 5.76 Å². The van der Waals surface area contributed by atoms with E-state index in [1.165, 1.54) is 0 Å². The number of nitrogens with one attached hydrogen (secondary N) is 1. The molecule has 0 amide bonds. The molecule has 0 radical (unpaired) electrons. The number of carbonyl (C=O) groups is 1. The molecule has 0 atom stereocenters. The number of Topliss-reactive ketones (excluding diaryl/α,β-unsaturated/α-hetero) is 1. The van der Waals surface area contributed by atoms with Gasteiger partial charge in [-0.1, -0.05) is 0 Å². The van der Waals surface area contributed by atoms with Crippen LogP contribution >= 0.6 is 0 Å². The summed E-state index contributed by atoms with van der Waals surface area (Å²) in [6.45, 7) is 1.59. The zero-order valence-electron chi connectivity index (χ0n) is 8.31. The fourth-order valence-electron chi connectivity index (χ4n) is 1.41. The largest absolute Gasteiger partial charge is 0.495 e. The molecule has 0 aromatic heterocycles. The quantitative estimate of drug-likeness (QED) is 0.714. The molecule has 0 bridgehead atoms. The molecule has 0 saturated heterocycles. The van der Waals surface area contributed by atoms with Crippen LogP contribution < -0.4 is 5.32 Å². The highest BCUT2D eigenvalue weighted by molar-refractivity contribution is 5.93. The number of hydrogen-bond acceptors (Lipinski definition) is 3. The minimum atomic E-state index is 0.129. The molecule has 1 N–H and O–H groups in total. The van der Waals surface area contributed by atoms with Gasteiger partial charge in [-0.2, -0.15) is 0 Å². The lowest BCUT2D eigenvalue weighted by Gasteiger charge is -2.17. The molecule has 0 aliphatic heterocycles. The van der Waals surface area contributed by atoms with Crippen LogP contribution in [0.1, 0.15) is 19.8 Å². The third-order valence-electron chi connectivity index (χ3n) is 2.22. The molecule has 3 heteroatoms. The van der Waals surface area contributed by atoms with Crippen molar-refractivity contribution in [1.29, 1.82) is 0 Å². The fourth-order valence-corrected chi connectivity index (χ4v) is 1.41. The van der Waals surface area contributed by atoms with E-state index in [4.69, 9.17) is 4.74 Å². The smallest absolute Gasteiger partial charge is 0.155 e. The first-order valence-corrected chi connectivity index (χ1v) is 4.35. The van der Waals surface area contributed by atoms with Gasteiger partial charge in [-0.3, -0.25) is 4.79 Å². The van der Waals surface area contributed by atoms with Crippen LogP contribution in [0.2, 0.25) is 0 Å². The van der Waals surface area contributed by atoms with Gasteiger partial charge in [0.05, 0.1) is 12.8 Å². The van der Waals surface area contributed by atoms with Crippen molar-refractivity contribution >= 4 is 5.78 Å². The molecular weight excluding hydrogens is 166 g/mol. The van der Waals surface area contributed by atoms with Crippen molar-refractivity contribution in [3.05, 3.63) is 23.1 Å². The Hall–Kier alpha value is -1.25. The SMILES string of the molecule is CNC1=C(OC)C=C(C(C)=O)CC1. The van der Waals surface area contributed by atoms with Crippen LogP contribution in [-0.4, -0.2) is 19.9 Å². The zero-order valence-corrected chi connectivity index (χ0v) is 8.31. The molecular formula is C10H15NO2. The molecule has 0 aromatic carbocycles. The van der Waals surface area contributed by atoms with Gasteiger partial charge in [-0.05, 0) is 31.4 Å². The van der Waals surface area contributed by atoms with E-state index >= 15 is 0 Å². The number of ether oxygens (including phenoxy) is 1. The van der Waals surface area contributed by atoms with Crippen LogP contribution in [0, 0.1) is 0 Å². The third-order valence-corrected chi connectivity index (χ3v) is 2.22. The second-order valence-electron chi connectivity index (χ2n) is 3.02. The first-order valence-electron chi connectivity index (χ1n) is 4.35. The van der Waals surface area contributed by atoms with Gasteiger partial charge < -0.3 is 10.1 Å². The van der Waals surface area contributed by atoms with Gasteiger partial charge >= 0.3 is 0 Å². The monoisotopic (exact) mass is 181 g/mol. The van der Waals surface area contributed by atoms with Crippen molar-refractivity contribution < 1.29 is 9.53 Å². The maximum Gasteiger partial charge on any atom is 0.155 e. The van der Waals surface area contributed by atoms with E-state index in [1.54, 1.807) is 14.0 Å². The van der Waals surface area contributed by atoms with Crippen LogP contribution in [0.5, 0.6) is 0 Å². The van der Waals surface area contributed by atoms with Crippen LogP contribution in [-0.2, 0) is 9.53 Å². The molecule has 0 fully saturated rings. The number of ketones is 1. The first-order chi connectivity index (χ1) is 6.19. The summed E-state index contributed by atoms with van der Waals surface area (Å²) >= 11 is 0. The second-order valence-corrected chi connectivity index (χ2v) is 3.02. The van der Waals surface area contributed by atoms with Gasteiger partial charge in [0, 0.05) is 7.05 Å². The van der Waals surface area contributed by atoms with Crippen molar-refractivity contribution in [2.75, 3.05) is 14.2 Å². The number of hydrogen-bond donors (Lipinski definition) is 1. The Morgan fingerprint density at radius 1 is 1.54 bits per heavy atom. The summed E-state index contributed by atoms with van der Waals surface area (Å²) in [6.07, 6.45) is 3.47. The van der Waals surface area contributed by atoms with Crippen LogP contribution in [0.25, 0.3) is 0 Å². The average molecular weight is 181 g/mol. The Kier molecular flexibility index (Phi) is 3.12. The Labute approximate surface area is 78.5 Å². The lowest BCUT2D eigenvalue weighted by atomic mass is 9.98. The molecule has 1 aliphatic carbocycles. The summed E-state index contributed by atoms with van der Waals surface area (Å²) in [5.41, 5.74) is 1.91. The number of methoxy groups -OCH3 is 1. The van der Waals surface area contributed by atoms with Crippen molar-refractivity contribution in [3.63, 3.8) is 0 Å². The van der Waals surface area contributed by atoms with Crippen molar-refractivity contribution in [2.24, 2.45) is 0 Å². The molecule has 0 unspecified atom stereocenters. The molecule has 72 valence electrons. The lowest BCUT2D eigenvalue weighted by Crippen LogP contribution is -2.15. The maximum atomic E-state index is 11.1. The van der Waals surface area contributed by atoms with E-state index in [1.807, 2.05) is 13.1 Å². The van der Waals surface area contributed by atoms with Gasteiger partial charge in [-0.15, -0.1) is 0 Å². The highest BCUT2D eigenvalue weighted by Crippen LogP contribution is 2.22. The average Bonchev–Trinajstić information content (AvgIpc) is 2.16. The highest BCUT2D eigenvalue weighted by atomic mass is 16.5. The molecule has 1 aliphatic rings. The Bertz CT molecular complexity index is 277. The lowest BCUT2D eigenvalue weighted by molar-refractivity contribution is -0.113. The Balaban J connectivity index is 2.93. The molecule has 0 aromatic rings. The van der Waals surface area contributed by atoms with E-state index in [9.17, 15) is 4.79 Å². The number of carbonyl (C=O) groups excluding carboxylic acids is 1. The molecule has 3 nitrogen and oxygen atoms in total. The summed E-state index contributed by atoms with van der Waals surface area (Å²) in [7, 11) is 3.48. The van der Waals surface area contributed by atoms with Gasteiger partial charge in [0.2, 0.25) is 0 Å². The predicted molar refractivity (Wildman–Crippen MR) is 51.1 cm³/mol. The normalized spacial score (nSPS) is 16.7. The first kappa shape index (κ1) is 9.84. The van der Waals surface area contributed by atoms with Crippen LogP contribution in [0.4, 0.5) is 0 Å². The minimum Gasteiger partial charge on any atom is -0.495 e. The summed E-state index contributed by atoms with van der Waals surface area (Å²) in [4.78, 5) is 11.1.